The molecular weight excluding hydrogens is 528 g/mol. The predicted molar refractivity (Wildman–Crippen MR) is 145 cm³/mol. The molecule has 38 heavy (non-hydrogen) atoms. The molecule has 0 fully saturated rings. The average Bonchev–Trinajstić information content (AvgIpc) is 3.38. The van der Waals surface area contributed by atoms with Gasteiger partial charge in [-0.3, -0.25) is 4.98 Å². The molecule has 5 rings (SSSR count). The SMILES string of the molecule is N#Cc1cnc2c(N[C@@H](c3ccccc3)c3cn(CCO)nn3)cc(Cl)cc2c1Nc1ccc(F)c(Cl)c1. The molecule has 3 aromatic carbocycles. The van der Waals surface area contributed by atoms with E-state index in [1.807, 2.05) is 30.3 Å². The summed E-state index contributed by atoms with van der Waals surface area (Å²) in [5.74, 6) is -0.547. The molecule has 0 spiro atoms. The average molecular weight is 548 g/mol. The minimum absolute atomic E-state index is 0.0489. The number of aliphatic hydroxyl groups is 1. The van der Waals surface area contributed by atoms with Crippen LogP contribution in [0.15, 0.2) is 73.1 Å². The van der Waals surface area contributed by atoms with Crippen molar-refractivity contribution in [2.24, 2.45) is 0 Å². The Balaban J connectivity index is 1.62. The summed E-state index contributed by atoms with van der Waals surface area (Å²) in [7, 11) is 0. The van der Waals surface area contributed by atoms with Crippen LogP contribution in [0.3, 0.4) is 0 Å². The van der Waals surface area contributed by atoms with Gasteiger partial charge in [-0.2, -0.15) is 5.26 Å². The second-order valence-electron chi connectivity index (χ2n) is 8.38. The standard InChI is InChI=1S/C27H20Cl2FN7O/c28-18-10-20-25(33-19-6-7-22(30)21(29)12-19)17(13-31)14-32-27(20)23(11-18)34-26(16-4-2-1-3-5-16)24-15-37(8-9-38)36-35-24/h1-7,10-12,14-15,26,34,38H,8-9H2,(H,32,33)/t26-/m0/s1. The van der Waals surface area contributed by atoms with E-state index in [1.54, 1.807) is 23.0 Å². The number of anilines is 3. The summed E-state index contributed by atoms with van der Waals surface area (Å²) in [6.45, 7) is 0.251. The molecular formula is C27H20Cl2FN7O. The van der Waals surface area contributed by atoms with Crippen molar-refractivity contribution in [2.45, 2.75) is 12.6 Å². The van der Waals surface area contributed by atoms with Gasteiger partial charge in [-0.1, -0.05) is 58.7 Å². The van der Waals surface area contributed by atoms with Crippen LogP contribution < -0.4 is 10.6 Å². The second-order valence-corrected chi connectivity index (χ2v) is 9.22. The Labute approximate surface area is 227 Å². The first kappa shape index (κ1) is 25.4. The lowest BCUT2D eigenvalue weighted by Gasteiger charge is -2.21. The molecule has 190 valence electrons. The predicted octanol–water partition coefficient (Wildman–Crippen LogP) is 6.08. The van der Waals surface area contributed by atoms with Crippen molar-refractivity contribution in [3.63, 3.8) is 0 Å². The number of rotatable bonds is 8. The number of pyridine rings is 1. The van der Waals surface area contributed by atoms with Crippen LogP contribution in [0.2, 0.25) is 10.0 Å². The molecule has 0 unspecified atom stereocenters. The van der Waals surface area contributed by atoms with Crippen molar-refractivity contribution in [1.82, 2.24) is 20.0 Å². The highest BCUT2D eigenvalue weighted by Crippen LogP contribution is 2.37. The van der Waals surface area contributed by atoms with E-state index in [2.05, 4.69) is 32.0 Å². The van der Waals surface area contributed by atoms with E-state index in [4.69, 9.17) is 23.2 Å². The fraction of sp³-hybridized carbons (Fsp3) is 0.111. The van der Waals surface area contributed by atoms with Crippen LogP contribution in [0.4, 0.5) is 21.5 Å². The van der Waals surface area contributed by atoms with Gasteiger partial charge in [0, 0.05) is 22.3 Å². The van der Waals surface area contributed by atoms with Gasteiger partial charge in [0.2, 0.25) is 0 Å². The maximum Gasteiger partial charge on any atom is 0.141 e. The van der Waals surface area contributed by atoms with Crippen molar-refractivity contribution in [3.05, 3.63) is 106 Å². The van der Waals surface area contributed by atoms with E-state index < -0.39 is 11.9 Å². The number of nitrogens with one attached hydrogen (secondary N) is 2. The van der Waals surface area contributed by atoms with Gasteiger partial charge in [-0.25, -0.2) is 9.07 Å². The molecule has 0 amide bonds. The molecule has 0 aliphatic heterocycles. The van der Waals surface area contributed by atoms with E-state index in [1.165, 1.54) is 24.4 Å². The summed E-state index contributed by atoms with van der Waals surface area (Å²) in [6.07, 6.45) is 3.23. The van der Waals surface area contributed by atoms with Gasteiger partial charge in [0.1, 0.15) is 17.6 Å². The molecule has 0 bridgehead atoms. The largest absolute Gasteiger partial charge is 0.394 e. The fourth-order valence-electron chi connectivity index (χ4n) is 4.10. The quantitative estimate of drug-likeness (QED) is 0.216. The first-order valence-corrected chi connectivity index (χ1v) is 12.3. The molecule has 2 heterocycles. The molecule has 0 aliphatic rings. The molecule has 11 heteroatoms. The molecule has 8 nitrogen and oxygen atoms in total. The summed E-state index contributed by atoms with van der Waals surface area (Å²) >= 11 is 12.5. The van der Waals surface area contributed by atoms with Gasteiger partial charge in [-0.15, -0.1) is 5.10 Å². The van der Waals surface area contributed by atoms with E-state index in [0.29, 0.717) is 45.2 Å². The zero-order valence-corrected chi connectivity index (χ0v) is 21.2. The first-order valence-electron chi connectivity index (χ1n) is 11.5. The number of halogens is 3. The van der Waals surface area contributed by atoms with Gasteiger partial charge in [0.15, 0.2) is 0 Å². The maximum atomic E-state index is 13.7. The molecule has 0 aliphatic carbocycles. The Morgan fingerprint density at radius 1 is 1.11 bits per heavy atom. The summed E-state index contributed by atoms with van der Waals surface area (Å²) in [6, 6.07) is 19.1. The van der Waals surface area contributed by atoms with Crippen LogP contribution in [-0.4, -0.2) is 31.7 Å². The van der Waals surface area contributed by atoms with Crippen molar-refractivity contribution in [1.29, 1.82) is 5.26 Å². The highest BCUT2D eigenvalue weighted by atomic mass is 35.5. The first-order chi connectivity index (χ1) is 18.5. The Bertz CT molecular complexity index is 1650. The summed E-state index contributed by atoms with van der Waals surface area (Å²) < 4.78 is 15.3. The number of nitrogens with zero attached hydrogens (tertiary/aromatic N) is 5. The lowest BCUT2D eigenvalue weighted by Crippen LogP contribution is -2.14. The highest BCUT2D eigenvalue weighted by molar-refractivity contribution is 6.32. The number of fused-ring (bicyclic) bond motifs is 1. The molecule has 1 atom stereocenters. The van der Waals surface area contributed by atoms with Gasteiger partial charge in [0.25, 0.3) is 0 Å². The van der Waals surface area contributed by atoms with E-state index >= 15 is 0 Å². The number of aliphatic hydroxyl groups excluding tert-OH is 1. The lowest BCUT2D eigenvalue weighted by atomic mass is 10.0. The van der Waals surface area contributed by atoms with E-state index in [-0.39, 0.29) is 17.2 Å². The Morgan fingerprint density at radius 2 is 1.92 bits per heavy atom. The normalized spacial score (nSPS) is 11.8. The van der Waals surface area contributed by atoms with Crippen LogP contribution in [0.1, 0.15) is 22.9 Å². The minimum Gasteiger partial charge on any atom is -0.394 e. The van der Waals surface area contributed by atoms with Crippen molar-refractivity contribution in [2.75, 3.05) is 17.2 Å². The topological polar surface area (TPSA) is 112 Å². The van der Waals surface area contributed by atoms with Crippen molar-refractivity contribution < 1.29 is 9.50 Å². The molecule has 0 saturated heterocycles. The second kappa shape index (κ2) is 11.0. The fourth-order valence-corrected chi connectivity index (χ4v) is 4.50. The van der Waals surface area contributed by atoms with E-state index in [0.717, 1.165) is 5.56 Å². The Kier molecular flexibility index (Phi) is 7.38. The smallest absolute Gasteiger partial charge is 0.141 e. The minimum atomic E-state index is -0.547. The van der Waals surface area contributed by atoms with Gasteiger partial charge >= 0.3 is 0 Å². The molecule has 2 aromatic heterocycles. The zero-order valence-electron chi connectivity index (χ0n) is 19.7. The lowest BCUT2D eigenvalue weighted by molar-refractivity contribution is 0.268. The molecule has 0 radical (unpaired) electrons. The van der Waals surface area contributed by atoms with Crippen LogP contribution in [0, 0.1) is 17.1 Å². The number of hydrogen-bond donors (Lipinski definition) is 3. The van der Waals surface area contributed by atoms with Crippen LogP contribution in [0.5, 0.6) is 0 Å². The Hall–Kier alpha value is -4.23. The summed E-state index contributed by atoms with van der Waals surface area (Å²) in [5, 5.41) is 35.1. The van der Waals surface area contributed by atoms with Crippen LogP contribution in [-0.2, 0) is 6.54 Å². The number of nitriles is 1. The van der Waals surface area contributed by atoms with Crippen LogP contribution in [0.25, 0.3) is 10.9 Å². The summed E-state index contributed by atoms with van der Waals surface area (Å²) in [4.78, 5) is 4.56. The van der Waals surface area contributed by atoms with Crippen molar-refractivity contribution in [3.8, 4) is 6.07 Å². The third kappa shape index (κ3) is 5.24. The third-order valence-corrected chi connectivity index (χ3v) is 6.37. The number of benzene rings is 3. The highest BCUT2D eigenvalue weighted by Gasteiger charge is 2.21. The third-order valence-electron chi connectivity index (χ3n) is 5.86. The molecule has 0 saturated carbocycles. The number of hydrogen-bond acceptors (Lipinski definition) is 7. The van der Waals surface area contributed by atoms with Gasteiger partial charge in [0.05, 0.1) is 52.9 Å². The van der Waals surface area contributed by atoms with E-state index in [9.17, 15) is 14.8 Å². The van der Waals surface area contributed by atoms with Crippen LogP contribution >= 0.6 is 23.2 Å². The summed E-state index contributed by atoms with van der Waals surface area (Å²) in [5.41, 5.74) is 3.93. The monoisotopic (exact) mass is 547 g/mol. The zero-order chi connectivity index (χ0) is 26.6. The molecule has 3 N–H and O–H groups in total. The Morgan fingerprint density at radius 3 is 2.66 bits per heavy atom. The molecule has 5 aromatic rings. The van der Waals surface area contributed by atoms with Gasteiger partial charge < -0.3 is 15.7 Å². The van der Waals surface area contributed by atoms with Crippen molar-refractivity contribution >= 4 is 51.2 Å². The van der Waals surface area contributed by atoms with Gasteiger partial charge in [-0.05, 0) is 35.9 Å². The maximum absolute atomic E-state index is 13.7. The number of aromatic nitrogens is 4.